The minimum Gasteiger partial charge on any atom is -0.390 e. The van der Waals surface area contributed by atoms with Crippen molar-refractivity contribution in [1.82, 2.24) is 15.2 Å². The van der Waals surface area contributed by atoms with E-state index in [2.05, 4.69) is 10.3 Å². The molecular weight excluding hydrogens is 590 g/mol. The Kier molecular flexibility index (Phi) is 12.9. The number of sulfone groups is 1. The molecule has 44 heavy (non-hydrogen) atoms. The predicted molar refractivity (Wildman–Crippen MR) is 164 cm³/mol. The van der Waals surface area contributed by atoms with Gasteiger partial charge in [0.05, 0.1) is 23.2 Å². The van der Waals surface area contributed by atoms with Gasteiger partial charge in [0, 0.05) is 37.6 Å². The maximum absolute atomic E-state index is 14.1. The highest BCUT2D eigenvalue weighted by Gasteiger charge is 2.33. The molecule has 0 aliphatic rings. The van der Waals surface area contributed by atoms with Crippen LogP contribution >= 0.6 is 0 Å². The molecule has 0 radical (unpaired) electrons. The Bertz CT molecular complexity index is 1490. The van der Waals surface area contributed by atoms with E-state index in [1.165, 1.54) is 23.4 Å². The molecule has 0 bridgehead atoms. The number of carbonyl (C=O) groups excluding carboxylic acids is 2. The molecule has 0 aliphatic heterocycles. The first-order valence-corrected chi connectivity index (χ1v) is 16.4. The first-order valence-electron chi connectivity index (χ1n) is 14.6. The molecule has 2 aromatic carbocycles. The van der Waals surface area contributed by atoms with Crippen LogP contribution in [0, 0.1) is 11.6 Å². The van der Waals surface area contributed by atoms with Gasteiger partial charge in [-0.2, -0.15) is 0 Å². The maximum atomic E-state index is 14.1. The predicted octanol–water partition coefficient (Wildman–Crippen LogP) is 3.20. The molecule has 1 heterocycles. The van der Waals surface area contributed by atoms with Crippen molar-refractivity contribution < 1.29 is 31.9 Å². The molecule has 0 spiro atoms. The fraction of sp³-hybridized carbons (Fsp3) is 0.406. The number of aryl methyl sites for hydroxylation is 1. The number of unbranched alkanes of at least 4 members (excludes halogenated alkanes) is 1. The summed E-state index contributed by atoms with van der Waals surface area (Å²) in [6.45, 7) is 3.48. The quantitative estimate of drug-likeness (QED) is 0.221. The van der Waals surface area contributed by atoms with Gasteiger partial charge in [-0.3, -0.25) is 14.6 Å². The zero-order valence-corrected chi connectivity index (χ0v) is 25.8. The number of aliphatic hydroxyl groups is 1. The van der Waals surface area contributed by atoms with Gasteiger partial charge in [-0.05, 0) is 60.2 Å². The molecule has 0 saturated carbocycles. The van der Waals surface area contributed by atoms with Crippen LogP contribution in [0.25, 0.3) is 0 Å². The van der Waals surface area contributed by atoms with E-state index in [0.29, 0.717) is 12.8 Å². The van der Waals surface area contributed by atoms with Crippen LogP contribution in [0.3, 0.4) is 0 Å². The van der Waals surface area contributed by atoms with Gasteiger partial charge in [0.25, 0.3) is 5.91 Å². The summed E-state index contributed by atoms with van der Waals surface area (Å²) in [6.07, 6.45) is 3.08. The van der Waals surface area contributed by atoms with Crippen molar-refractivity contribution in [3.05, 3.63) is 101 Å². The number of carbonyl (C=O) groups is 2. The maximum Gasteiger partial charge on any atom is 0.253 e. The summed E-state index contributed by atoms with van der Waals surface area (Å²) in [4.78, 5) is 32.3. The molecule has 3 rings (SSSR count). The molecule has 0 aliphatic carbocycles. The van der Waals surface area contributed by atoms with E-state index in [1.807, 2.05) is 32.0 Å². The van der Waals surface area contributed by atoms with Gasteiger partial charge in [0.1, 0.15) is 17.7 Å². The van der Waals surface area contributed by atoms with Crippen LogP contribution < -0.4 is 11.1 Å². The Hall–Kier alpha value is -3.74. The van der Waals surface area contributed by atoms with Crippen LogP contribution in [0.4, 0.5) is 8.78 Å². The van der Waals surface area contributed by atoms with Crippen molar-refractivity contribution in [2.75, 3.05) is 18.1 Å². The third kappa shape index (κ3) is 10.8. The van der Waals surface area contributed by atoms with E-state index >= 15 is 0 Å². The number of hydrogen-bond acceptors (Lipinski definition) is 7. The number of aromatic nitrogens is 1. The molecule has 238 valence electrons. The van der Waals surface area contributed by atoms with Crippen LogP contribution in [0.15, 0.2) is 67.0 Å². The number of nitrogens with zero attached hydrogens (tertiary/aromatic N) is 2. The van der Waals surface area contributed by atoms with Crippen LogP contribution in [0.1, 0.15) is 53.7 Å². The molecule has 1 aromatic heterocycles. The van der Waals surface area contributed by atoms with E-state index in [9.17, 15) is 31.9 Å². The summed E-state index contributed by atoms with van der Waals surface area (Å²) in [7, 11) is -3.76. The monoisotopic (exact) mass is 630 g/mol. The second kappa shape index (κ2) is 16.4. The first-order chi connectivity index (χ1) is 20.9. The number of nitrogens with two attached hydrogens (primary N) is 1. The number of amides is 2. The molecular formula is C32H40F2N4O5S. The van der Waals surface area contributed by atoms with Crippen molar-refractivity contribution >= 4 is 21.7 Å². The van der Waals surface area contributed by atoms with Crippen molar-refractivity contribution in [2.45, 2.75) is 64.3 Å². The van der Waals surface area contributed by atoms with E-state index in [0.717, 1.165) is 35.7 Å². The van der Waals surface area contributed by atoms with Crippen molar-refractivity contribution in [1.29, 1.82) is 0 Å². The average Bonchev–Trinajstić information content (AvgIpc) is 2.98. The molecule has 1 unspecified atom stereocenters. The minimum absolute atomic E-state index is 0.0146. The van der Waals surface area contributed by atoms with Gasteiger partial charge in [0.2, 0.25) is 5.91 Å². The number of aliphatic hydroxyl groups excluding tert-OH is 1. The van der Waals surface area contributed by atoms with E-state index in [1.54, 1.807) is 12.1 Å². The van der Waals surface area contributed by atoms with Crippen LogP contribution in [-0.2, 0) is 34.0 Å². The lowest BCUT2D eigenvalue weighted by Crippen LogP contribution is -2.54. The van der Waals surface area contributed by atoms with Crippen LogP contribution in [0.5, 0.6) is 0 Å². The largest absolute Gasteiger partial charge is 0.390 e. The molecule has 4 N–H and O–H groups in total. The standard InChI is InChI=1S/C32H40F2N4O5S/c1-3-5-12-44(42,43)21-29(37-31(40)25-10-7-11-36-18-25)32(41)38(19-23-9-6-8-22(4-2)13-23)20-30(39)28(35)16-24-14-26(33)17-27(34)15-24/h6-11,13-15,17-18,28-30,39H,3-5,12,16,19-21,35H2,1-2H3,(H,37,40)/t28-,29?,30+/m0/s1. The Morgan fingerprint density at radius 3 is 2.36 bits per heavy atom. The summed E-state index contributed by atoms with van der Waals surface area (Å²) in [5.74, 6) is -3.79. The number of hydrogen-bond donors (Lipinski definition) is 3. The van der Waals surface area contributed by atoms with E-state index in [-0.39, 0.29) is 36.4 Å². The van der Waals surface area contributed by atoms with Gasteiger partial charge in [-0.1, -0.05) is 44.5 Å². The number of nitrogens with one attached hydrogen (secondary N) is 1. The highest BCUT2D eigenvalue weighted by Crippen LogP contribution is 2.16. The van der Waals surface area contributed by atoms with Crippen LogP contribution in [-0.4, -0.2) is 71.5 Å². The van der Waals surface area contributed by atoms with Gasteiger partial charge < -0.3 is 21.1 Å². The molecule has 2 amide bonds. The molecule has 9 nitrogen and oxygen atoms in total. The normalized spacial score (nSPS) is 13.6. The Labute approximate surface area is 257 Å². The Balaban J connectivity index is 1.93. The summed E-state index contributed by atoms with van der Waals surface area (Å²) < 4.78 is 53.5. The van der Waals surface area contributed by atoms with Crippen LogP contribution in [0.2, 0.25) is 0 Å². The Morgan fingerprint density at radius 1 is 1.02 bits per heavy atom. The minimum atomic E-state index is -3.76. The highest BCUT2D eigenvalue weighted by atomic mass is 32.2. The van der Waals surface area contributed by atoms with Crippen molar-refractivity contribution in [2.24, 2.45) is 5.73 Å². The second-order valence-corrected chi connectivity index (χ2v) is 13.1. The summed E-state index contributed by atoms with van der Waals surface area (Å²) in [5, 5.41) is 13.6. The lowest BCUT2D eigenvalue weighted by Gasteiger charge is -2.31. The van der Waals surface area contributed by atoms with Crippen molar-refractivity contribution in [3.63, 3.8) is 0 Å². The van der Waals surface area contributed by atoms with E-state index < -0.39 is 57.2 Å². The van der Waals surface area contributed by atoms with E-state index in [4.69, 9.17) is 5.73 Å². The lowest BCUT2D eigenvalue weighted by molar-refractivity contribution is -0.135. The zero-order valence-electron chi connectivity index (χ0n) is 25.0. The van der Waals surface area contributed by atoms with Gasteiger partial charge in [-0.15, -0.1) is 0 Å². The number of halogens is 2. The first kappa shape index (κ1) is 34.7. The fourth-order valence-corrected chi connectivity index (χ4v) is 6.36. The molecule has 3 aromatic rings. The fourth-order valence-electron chi connectivity index (χ4n) is 4.73. The average molecular weight is 631 g/mol. The molecule has 12 heteroatoms. The third-order valence-corrected chi connectivity index (χ3v) is 8.89. The summed E-state index contributed by atoms with van der Waals surface area (Å²) in [5.41, 5.74) is 8.31. The smallest absolute Gasteiger partial charge is 0.253 e. The summed E-state index contributed by atoms with van der Waals surface area (Å²) in [6, 6.07) is 10.9. The molecule has 0 saturated heterocycles. The molecule has 0 fully saturated rings. The van der Waals surface area contributed by atoms with Crippen molar-refractivity contribution in [3.8, 4) is 0 Å². The molecule has 3 atom stereocenters. The SMILES string of the molecule is CCCCS(=O)(=O)CC(NC(=O)c1cccnc1)C(=O)N(Cc1cccc(CC)c1)C[C@@H](O)[C@@H](N)Cc1cc(F)cc(F)c1. The number of benzene rings is 2. The third-order valence-electron chi connectivity index (χ3n) is 7.14. The lowest BCUT2D eigenvalue weighted by atomic mass is 10.0. The van der Waals surface area contributed by atoms with Gasteiger partial charge >= 0.3 is 0 Å². The second-order valence-electron chi connectivity index (χ2n) is 10.8. The number of pyridine rings is 1. The summed E-state index contributed by atoms with van der Waals surface area (Å²) >= 11 is 0. The highest BCUT2D eigenvalue weighted by molar-refractivity contribution is 7.91. The van der Waals surface area contributed by atoms with Gasteiger partial charge in [-0.25, -0.2) is 17.2 Å². The topological polar surface area (TPSA) is 143 Å². The zero-order chi connectivity index (χ0) is 32.3. The Morgan fingerprint density at radius 2 is 1.73 bits per heavy atom. The van der Waals surface area contributed by atoms with Gasteiger partial charge in [0.15, 0.2) is 9.84 Å². The number of rotatable bonds is 16.